The summed E-state index contributed by atoms with van der Waals surface area (Å²) in [6.07, 6.45) is 3.08. The van der Waals surface area contributed by atoms with Crippen molar-refractivity contribution in [2.75, 3.05) is 0 Å². The highest BCUT2D eigenvalue weighted by molar-refractivity contribution is 5.21. The molecule has 0 bridgehead atoms. The molecule has 0 saturated carbocycles. The molecule has 1 heterocycles. The summed E-state index contributed by atoms with van der Waals surface area (Å²) in [5.74, 6) is 0. The summed E-state index contributed by atoms with van der Waals surface area (Å²) in [6.45, 7) is 0.321. The summed E-state index contributed by atoms with van der Waals surface area (Å²) >= 11 is 0. The molecule has 0 fully saturated rings. The third kappa shape index (κ3) is 1.06. The number of rotatable bonds is 1. The van der Waals surface area contributed by atoms with Crippen LogP contribution in [0.5, 0.6) is 0 Å². The minimum Gasteiger partial charge on any atom is -0.312 e. The minimum absolute atomic E-state index is 0.321. The topological polar surface area (TPSA) is 67.6 Å². The van der Waals surface area contributed by atoms with E-state index in [2.05, 4.69) is 5.10 Å². The van der Waals surface area contributed by atoms with Crippen LogP contribution in [-0.4, -0.2) is 9.78 Å². The Bertz CT molecular complexity index is 231. The Morgan fingerprint density at radius 2 is 2.67 bits per heavy atom. The molecule has 0 aliphatic rings. The van der Waals surface area contributed by atoms with E-state index in [9.17, 15) is 0 Å². The average molecular weight is 122 g/mol. The normalized spacial score (nSPS) is 8.89. The lowest BCUT2D eigenvalue weighted by molar-refractivity contribution is 0.638. The van der Waals surface area contributed by atoms with Crippen LogP contribution in [0.25, 0.3) is 0 Å². The van der Waals surface area contributed by atoms with E-state index in [0.29, 0.717) is 12.2 Å². The van der Waals surface area contributed by atoms with Crippen molar-refractivity contribution in [1.29, 1.82) is 5.26 Å². The van der Waals surface area contributed by atoms with Crippen molar-refractivity contribution in [2.45, 2.75) is 6.67 Å². The zero-order valence-electron chi connectivity index (χ0n) is 4.78. The summed E-state index contributed by atoms with van der Waals surface area (Å²) in [5.41, 5.74) is 5.75. The largest absolute Gasteiger partial charge is 0.312 e. The highest BCUT2D eigenvalue weighted by atomic mass is 15.3. The second kappa shape index (κ2) is 2.29. The molecular weight excluding hydrogens is 116 g/mol. The fraction of sp³-hybridized carbons (Fsp3) is 0.200. The molecule has 0 amide bonds. The molecule has 1 aromatic heterocycles. The van der Waals surface area contributed by atoms with Crippen LogP contribution < -0.4 is 5.73 Å². The van der Waals surface area contributed by atoms with E-state index in [1.165, 1.54) is 10.9 Å². The van der Waals surface area contributed by atoms with Crippen LogP contribution in [0.2, 0.25) is 0 Å². The second-order valence-corrected chi connectivity index (χ2v) is 1.56. The van der Waals surface area contributed by atoms with Gasteiger partial charge in [-0.05, 0) is 0 Å². The van der Waals surface area contributed by atoms with Gasteiger partial charge in [0.15, 0.2) is 0 Å². The molecule has 0 aliphatic heterocycles. The first-order valence-corrected chi connectivity index (χ1v) is 2.49. The van der Waals surface area contributed by atoms with Gasteiger partial charge in [0.1, 0.15) is 6.07 Å². The third-order valence-electron chi connectivity index (χ3n) is 0.949. The van der Waals surface area contributed by atoms with Crippen molar-refractivity contribution in [3.05, 3.63) is 18.0 Å². The number of aromatic nitrogens is 2. The zero-order valence-corrected chi connectivity index (χ0v) is 4.78. The van der Waals surface area contributed by atoms with E-state index in [4.69, 9.17) is 11.0 Å². The molecule has 1 aromatic rings. The summed E-state index contributed by atoms with van der Waals surface area (Å²) in [5, 5.41) is 12.1. The maximum absolute atomic E-state index is 8.30. The van der Waals surface area contributed by atoms with Crippen LogP contribution in [0.4, 0.5) is 0 Å². The van der Waals surface area contributed by atoms with Crippen LogP contribution in [0, 0.1) is 11.3 Å². The van der Waals surface area contributed by atoms with Gasteiger partial charge in [0.05, 0.1) is 18.4 Å². The number of nitrogens with two attached hydrogens (primary N) is 1. The summed E-state index contributed by atoms with van der Waals surface area (Å²) in [4.78, 5) is 0. The van der Waals surface area contributed by atoms with E-state index >= 15 is 0 Å². The quantitative estimate of drug-likeness (QED) is 0.554. The Kier molecular flexibility index (Phi) is 1.47. The molecule has 0 unspecified atom stereocenters. The van der Waals surface area contributed by atoms with Crippen LogP contribution in [0.3, 0.4) is 0 Å². The molecule has 0 atom stereocenters. The van der Waals surface area contributed by atoms with E-state index in [1.807, 2.05) is 6.07 Å². The van der Waals surface area contributed by atoms with Crippen molar-refractivity contribution in [3.63, 3.8) is 0 Å². The number of hydrogen-bond acceptors (Lipinski definition) is 3. The van der Waals surface area contributed by atoms with Gasteiger partial charge in [0.25, 0.3) is 0 Å². The first-order chi connectivity index (χ1) is 4.36. The Hall–Kier alpha value is -1.34. The van der Waals surface area contributed by atoms with Gasteiger partial charge in [-0.15, -0.1) is 0 Å². The smallest absolute Gasteiger partial charge is 0.102 e. The van der Waals surface area contributed by atoms with Gasteiger partial charge in [-0.25, -0.2) is 0 Å². The Labute approximate surface area is 52.5 Å². The van der Waals surface area contributed by atoms with Crippen LogP contribution in [-0.2, 0) is 6.67 Å². The molecule has 4 heteroatoms. The van der Waals surface area contributed by atoms with Crippen molar-refractivity contribution >= 4 is 0 Å². The standard InChI is InChI=1S/C5H6N4/c6-1-5-2-8-9(3-5)4-7/h2-3H,4,7H2. The number of nitrogens with zero attached hydrogens (tertiary/aromatic N) is 3. The fourth-order valence-corrected chi connectivity index (χ4v) is 0.521. The van der Waals surface area contributed by atoms with E-state index in [0.717, 1.165) is 0 Å². The molecule has 2 N–H and O–H groups in total. The average Bonchev–Trinajstić information content (AvgIpc) is 2.34. The van der Waals surface area contributed by atoms with Gasteiger partial charge >= 0.3 is 0 Å². The van der Waals surface area contributed by atoms with Crippen molar-refractivity contribution < 1.29 is 0 Å². The highest BCUT2D eigenvalue weighted by Gasteiger charge is 1.91. The predicted molar refractivity (Wildman–Crippen MR) is 31.1 cm³/mol. The van der Waals surface area contributed by atoms with Crippen LogP contribution in [0.15, 0.2) is 12.4 Å². The van der Waals surface area contributed by atoms with Gasteiger partial charge in [0, 0.05) is 6.20 Å². The third-order valence-corrected chi connectivity index (χ3v) is 0.949. The highest BCUT2D eigenvalue weighted by Crippen LogP contribution is 1.91. The van der Waals surface area contributed by atoms with Gasteiger partial charge in [0.2, 0.25) is 0 Å². The SMILES string of the molecule is N#Cc1cnn(CN)c1. The van der Waals surface area contributed by atoms with Gasteiger partial charge < -0.3 is 5.73 Å². The lowest BCUT2D eigenvalue weighted by Crippen LogP contribution is -2.06. The molecule has 0 spiro atoms. The molecule has 1 rings (SSSR count). The van der Waals surface area contributed by atoms with Gasteiger partial charge in [-0.3, -0.25) is 4.68 Å². The lowest BCUT2D eigenvalue weighted by atomic mass is 10.4. The van der Waals surface area contributed by atoms with Crippen molar-refractivity contribution in [2.24, 2.45) is 5.73 Å². The Morgan fingerprint density at radius 3 is 3.00 bits per heavy atom. The molecule has 9 heavy (non-hydrogen) atoms. The molecular formula is C5H6N4. The number of nitriles is 1. The van der Waals surface area contributed by atoms with Crippen molar-refractivity contribution in [1.82, 2.24) is 9.78 Å². The maximum atomic E-state index is 8.30. The molecule has 46 valence electrons. The second-order valence-electron chi connectivity index (χ2n) is 1.56. The van der Waals surface area contributed by atoms with E-state index in [-0.39, 0.29) is 0 Å². The maximum Gasteiger partial charge on any atom is 0.102 e. The molecule has 0 radical (unpaired) electrons. The Balaban J connectivity index is 2.90. The minimum atomic E-state index is 0.321. The van der Waals surface area contributed by atoms with Gasteiger partial charge in [-0.1, -0.05) is 0 Å². The fourth-order valence-electron chi connectivity index (χ4n) is 0.521. The zero-order chi connectivity index (χ0) is 6.69. The Morgan fingerprint density at radius 1 is 1.89 bits per heavy atom. The summed E-state index contributed by atoms with van der Waals surface area (Å²) < 4.78 is 1.50. The molecule has 0 saturated heterocycles. The first kappa shape index (κ1) is 5.79. The monoisotopic (exact) mass is 122 g/mol. The van der Waals surface area contributed by atoms with Gasteiger partial charge in [-0.2, -0.15) is 10.4 Å². The lowest BCUT2D eigenvalue weighted by Gasteiger charge is -1.88. The molecule has 0 aliphatic carbocycles. The van der Waals surface area contributed by atoms with Crippen LogP contribution in [0.1, 0.15) is 5.56 Å². The van der Waals surface area contributed by atoms with Crippen molar-refractivity contribution in [3.8, 4) is 6.07 Å². The molecule has 4 nitrogen and oxygen atoms in total. The number of hydrogen-bond donors (Lipinski definition) is 1. The predicted octanol–water partition coefficient (Wildman–Crippen LogP) is -0.329. The first-order valence-electron chi connectivity index (χ1n) is 2.49. The summed E-state index contributed by atoms with van der Waals surface area (Å²) in [6, 6.07) is 1.94. The van der Waals surface area contributed by atoms with E-state index < -0.39 is 0 Å². The van der Waals surface area contributed by atoms with E-state index in [1.54, 1.807) is 6.20 Å². The molecule has 0 aromatic carbocycles. The van der Waals surface area contributed by atoms with Crippen LogP contribution >= 0.6 is 0 Å². The summed E-state index contributed by atoms with van der Waals surface area (Å²) in [7, 11) is 0.